The van der Waals surface area contributed by atoms with Gasteiger partial charge < -0.3 is 20.5 Å². The van der Waals surface area contributed by atoms with Gasteiger partial charge in [0, 0.05) is 19.2 Å². The first-order valence-corrected chi connectivity index (χ1v) is 5.93. The van der Waals surface area contributed by atoms with Crippen molar-refractivity contribution in [3.8, 4) is 5.88 Å². The van der Waals surface area contributed by atoms with Crippen LogP contribution in [0.5, 0.6) is 5.88 Å². The SMILES string of the molecule is CCOc1ccc(NC2(CC(=O)O)CNC2)cn1. The third-order valence-electron chi connectivity index (χ3n) is 2.85. The molecule has 6 nitrogen and oxygen atoms in total. The Kier molecular flexibility index (Phi) is 3.66. The summed E-state index contributed by atoms with van der Waals surface area (Å²) in [4.78, 5) is 15.0. The topological polar surface area (TPSA) is 83.5 Å². The molecule has 18 heavy (non-hydrogen) atoms. The lowest BCUT2D eigenvalue weighted by molar-refractivity contribution is -0.138. The molecule has 2 heterocycles. The second-order valence-electron chi connectivity index (χ2n) is 4.40. The molecule has 98 valence electrons. The molecule has 6 heteroatoms. The van der Waals surface area contributed by atoms with Gasteiger partial charge in [-0.1, -0.05) is 0 Å². The molecule has 2 rings (SSSR count). The lowest BCUT2D eigenvalue weighted by atomic mass is 9.88. The van der Waals surface area contributed by atoms with Gasteiger partial charge in [0.05, 0.1) is 30.5 Å². The fourth-order valence-electron chi connectivity index (χ4n) is 1.97. The summed E-state index contributed by atoms with van der Waals surface area (Å²) in [7, 11) is 0. The van der Waals surface area contributed by atoms with Gasteiger partial charge in [-0.3, -0.25) is 4.79 Å². The number of nitrogens with one attached hydrogen (secondary N) is 2. The van der Waals surface area contributed by atoms with Crippen LogP contribution < -0.4 is 15.4 Å². The molecule has 0 aliphatic carbocycles. The average Bonchev–Trinajstić information content (AvgIpc) is 2.28. The van der Waals surface area contributed by atoms with E-state index in [1.165, 1.54) is 0 Å². The Bertz CT molecular complexity index is 415. The van der Waals surface area contributed by atoms with Crippen molar-refractivity contribution in [1.29, 1.82) is 0 Å². The largest absolute Gasteiger partial charge is 0.481 e. The first-order chi connectivity index (χ1) is 8.63. The number of anilines is 1. The maximum atomic E-state index is 10.8. The van der Waals surface area contributed by atoms with Crippen molar-refractivity contribution >= 4 is 11.7 Å². The molecule has 1 aliphatic rings. The van der Waals surface area contributed by atoms with Crippen LogP contribution in [0.3, 0.4) is 0 Å². The Labute approximate surface area is 105 Å². The van der Waals surface area contributed by atoms with Crippen molar-refractivity contribution in [2.24, 2.45) is 0 Å². The average molecular weight is 251 g/mol. The Balaban J connectivity index is 2.01. The van der Waals surface area contributed by atoms with Gasteiger partial charge in [-0.25, -0.2) is 4.98 Å². The van der Waals surface area contributed by atoms with Crippen LogP contribution in [0.4, 0.5) is 5.69 Å². The van der Waals surface area contributed by atoms with E-state index in [2.05, 4.69) is 15.6 Å². The first kappa shape index (κ1) is 12.6. The number of hydrogen-bond acceptors (Lipinski definition) is 5. The number of ether oxygens (including phenoxy) is 1. The zero-order chi connectivity index (χ0) is 13.0. The van der Waals surface area contributed by atoms with E-state index in [1.54, 1.807) is 12.3 Å². The fraction of sp³-hybridized carbons (Fsp3) is 0.500. The molecule has 0 atom stereocenters. The molecule has 1 aromatic rings. The lowest BCUT2D eigenvalue weighted by Crippen LogP contribution is -2.65. The van der Waals surface area contributed by atoms with Crippen molar-refractivity contribution in [2.75, 3.05) is 25.0 Å². The third-order valence-corrected chi connectivity index (χ3v) is 2.85. The highest BCUT2D eigenvalue weighted by Gasteiger charge is 2.39. The minimum absolute atomic E-state index is 0.0905. The van der Waals surface area contributed by atoms with Crippen LogP contribution in [0.25, 0.3) is 0 Å². The van der Waals surface area contributed by atoms with Crippen LogP contribution in [0, 0.1) is 0 Å². The number of nitrogens with zero attached hydrogens (tertiary/aromatic N) is 1. The van der Waals surface area contributed by atoms with Gasteiger partial charge in [0.2, 0.25) is 5.88 Å². The predicted molar refractivity (Wildman–Crippen MR) is 66.9 cm³/mol. The molecule has 1 saturated heterocycles. The van der Waals surface area contributed by atoms with Crippen molar-refractivity contribution < 1.29 is 14.6 Å². The molecule has 0 radical (unpaired) electrons. The van der Waals surface area contributed by atoms with Gasteiger partial charge in [0.15, 0.2) is 0 Å². The normalized spacial score (nSPS) is 16.7. The van der Waals surface area contributed by atoms with Crippen molar-refractivity contribution in [2.45, 2.75) is 18.9 Å². The number of aromatic nitrogens is 1. The summed E-state index contributed by atoms with van der Waals surface area (Å²) in [6.07, 6.45) is 1.75. The van der Waals surface area contributed by atoms with Gasteiger partial charge in [0.25, 0.3) is 0 Å². The van der Waals surface area contributed by atoms with Crippen LogP contribution in [-0.2, 0) is 4.79 Å². The minimum atomic E-state index is -0.803. The molecule has 0 bridgehead atoms. The zero-order valence-corrected chi connectivity index (χ0v) is 10.3. The molecular formula is C12H17N3O3. The summed E-state index contributed by atoms with van der Waals surface area (Å²) in [5.74, 6) is -0.232. The molecule has 0 aromatic carbocycles. The minimum Gasteiger partial charge on any atom is -0.481 e. The lowest BCUT2D eigenvalue weighted by Gasteiger charge is -2.43. The van der Waals surface area contributed by atoms with E-state index in [1.807, 2.05) is 13.0 Å². The highest BCUT2D eigenvalue weighted by Crippen LogP contribution is 2.23. The Morgan fingerprint density at radius 2 is 2.39 bits per heavy atom. The van der Waals surface area contributed by atoms with E-state index in [-0.39, 0.29) is 6.42 Å². The molecule has 1 fully saturated rings. The number of rotatable bonds is 6. The number of hydrogen-bond donors (Lipinski definition) is 3. The van der Waals surface area contributed by atoms with E-state index in [9.17, 15) is 4.79 Å². The summed E-state index contributed by atoms with van der Waals surface area (Å²) in [5, 5.41) is 15.2. The van der Waals surface area contributed by atoms with Crippen molar-refractivity contribution in [3.63, 3.8) is 0 Å². The van der Waals surface area contributed by atoms with E-state index < -0.39 is 11.5 Å². The molecule has 0 saturated carbocycles. The number of carbonyl (C=O) groups is 1. The molecule has 1 aliphatic heterocycles. The number of aliphatic carboxylic acids is 1. The monoisotopic (exact) mass is 251 g/mol. The number of carboxylic acids is 1. The summed E-state index contributed by atoms with van der Waals surface area (Å²) >= 11 is 0. The highest BCUT2D eigenvalue weighted by atomic mass is 16.5. The summed E-state index contributed by atoms with van der Waals surface area (Å²) in [6, 6.07) is 3.62. The standard InChI is InChI=1S/C12H17N3O3/c1-2-18-10-4-3-9(6-14-10)15-12(5-11(16)17)7-13-8-12/h3-4,6,13,15H,2,5,7-8H2,1H3,(H,16,17). The van der Waals surface area contributed by atoms with Gasteiger partial charge in [-0.15, -0.1) is 0 Å². The Hall–Kier alpha value is -1.82. The smallest absolute Gasteiger partial charge is 0.305 e. The second-order valence-corrected chi connectivity index (χ2v) is 4.40. The van der Waals surface area contributed by atoms with Crippen molar-refractivity contribution in [3.05, 3.63) is 18.3 Å². The van der Waals surface area contributed by atoms with Crippen molar-refractivity contribution in [1.82, 2.24) is 10.3 Å². The second kappa shape index (κ2) is 5.22. The van der Waals surface area contributed by atoms with E-state index in [0.29, 0.717) is 25.6 Å². The van der Waals surface area contributed by atoms with Crippen LogP contribution in [-0.4, -0.2) is 41.3 Å². The predicted octanol–water partition coefficient (Wildman–Crippen LogP) is 0.709. The molecule has 1 aromatic heterocycles. The van der Waals surface area contributed by atoms with Crippen LogP contribution in [0.15, 0.2) is 18.3 Å². The van der Waals surface area contributed by atoms with Gasteiger partial charge in [0.1, 0.15) is 0 Å². The van der Waals surface area contributed by atoms with Gasteiger partial charge >= 0.3 is 5.97 Å². The summed E-state index contributed by atoms with van der Waals surface area (Å²) in [5.41, 5.74) is 0.405. The van der Waals surface area contributed by atoms with Crippen LogP contribution in [0.1, 0.15) is 13.3 Å². The van der Waals surface area contributed by atoms with Gasteiger partial charge in [-0.05, 0) is 13.0 Å². The zero-order valence-electron chi connectivity index (χ0n) is 10.3. The number of pyridine rings is 1. The van der Waals surface area contributed by atoms with Crippen LogP contribution in [0.2, 0.25) is 0 Å². The molecule has 3 N–H and O–H groups in total. The molecule has 0 unspecified atom stereocenters. The number of carboxylic acid groups (broad SMARTS) is 1. The summed E-state index contributed by atoms with van der Waals surface area (Å²) in [6.45, 7) is 3.77. The first-order valence-electron chi connectivity index (χ1n) is 5.93. The summed E-state index contributed by atoms with van der Waals surface area (Å²) < 4.78 is 5.25. The van der Waals surface area contributed by atoms with E-state index >= 15 is 0 Å². The molecular weight excluding hydrogens is 234 g/mol. The quantitative estimate of drug-likeness (QED) is 0.690. The maximum Gasteiger partial charge on any atom is 0.305 e. The Morgan fingerprint density at radius 3 is 2.83 bits per heavy atom. The molecule has 0 spiro atoms. The molecule has 0 amide bonds. The van der Waals surface area contributed by atoms with Crippen LogP contribution >= 0.6 is 0 Å². The fourth-order valence-corrected chi connectivity index (χ4v) is 1.97. The van der Waals surface area contributed by atoms with E-state index in [0.717, 1.165) is 5.69 Å². The van der Waals surface area contributed by atoms with E-state index in [4.69, 9.17) is 9.84 Å². The van der Waals surface area contributed by atoms with Gasteiger partial charge in [-0.2, -0.15) is 0 Å². The third kappa shape index (κ3) is 2.89. The Morgan fingerprint density at radius 1 is 1.61 bits per heavy atom. The highest BCUT2D eigenvalue weighted by molar-refractivity contribution is 5.70. The maximum absolute atomic E-state index is 10.8.